The first-order valence-electron chi connectivity index (χ1n) is 27.6. The number of Topliss-reactive ketones (excluding diaryl/α,β-unsaturated/α-hetero) is 1. The smallest absolute Gasteiger partial charge is 0.130 e. The Hall–Kier alpha value is -4.17. The molecule has 362 valence electrons. The molecule has 9 rings (SSSR count). The third-order valence-electron chi connectivity index (χ3n) is 19.1. The summed E-state index contributed by atoms with van der Waals surface area (Å²) in [6.45, 7) is 29.6. The Kier molecular flexibility index (Phi) is 14.8. The second-order valence-electron chi connectivity index (χ2n) is 23.9. The first-order valence-corrected chi connectivity index (χ1v) is 27.6. The summed E-state index contributed by atoms with van der Waals surface area (Å²) in [5.41, 5.74) is 21.2. The second kappa shape index (κ2) is 20.7. The molecular formula is C66H86O2. The van der Waals surface area contributed by atoms with Crippen LogP contribution in [0.4, 0.5) is 0 Å². The van der Waals surface area contributed by atoms with Crippen LogP contribution in [0.5, 0.6) is 0 Å². The molecule has 68 heavy (non-hydrogen) atoms. The van der Waals surface area contributed by atoms with Gasteiger partial charge in [0.25, 0.3) is 0 Å². The third-order valence-corrected chi connectivity index (χ3v) is 19.1. The van der Waals surface area contributed by atoms with Crippen molar-refractivity contribution >= 4 is 17.9 Å². The van der Waals surface area contributed by atoms with Crippen molar-refractivity contribution in [2.24, 2.45) is 47.3 Å². The van der Waals surface area contributed by atoms with Crippen LogP contribution in [0.3, 0.4) is 0 Å². The molecule has 0 spiro atoms. The van der Waals surface area contributed by atoms with Crippen molar-refractivity contribution in [1.29, 1.82) is 0 Å². The van der Waals surface area contributed by atoms with E-state index in [9.17, 15) is 4.79 Å². The average Bonchev–Trinajstić information content (AvgIpc) is 4.18. The summed E-state index contributed by atoms with van der Waals surface area (Å²) in [7, 11) is 1.76. The summed E-state index contributed by atoms with van der Waals surface area (Å²) in [5, 5.41) is 0. The van der Waals surface area contributed by atoms with Crippen LogP contribution in [0.2, 0.25) is 0 Å². The van der Waals surface area contributed by atoms with Gasteiger partial charge in [-0.25, -0.2) is 0 Å². The lowest BCUT2D eigenvalue weighted by Gasteiger charge is -2.31. The highest BCUT2D eigenvalue weighted by Crippen LogP contribution is 2.57. The lowest BCUT2D eigenvalue weighted by molar-refractivity contribution is -0.118. The molecule has 3 aromatic carbocycles. The highest BCUT2D eigenvalue weighted by Gasteiger charge is 2.42. The van der Waals surface area contributed by atoms with Gasteiger partial charge in [-0.15, -0.1) is 0 Å². The number of hydrogen-bond acceptors (Lipinski definition) is 2. The number of ether oxygens (including phenoxy) is 1. The zero-order valence-corrected chi connectivity index (χ0v) is 43.7. The van der Waals surface area contributed by atoms with Crippen LogP contribution < -0.4 is 0 Å². The van der Waals surface area contributed by atoms with E-state index in [0.717, 1.165) is 25.0 Å². The first-order chi connectivity index (χ1) is 32.7. The van der Waals surface area contributed by atoms with Crippen LogP contribution >= 0.6 is 0 Å². The molecule has 0 heterocycles. The number of rotatable bonds is 17. The van der Waals surface area contributed by atoms with Gasteiger partial charge in [0.1, 0.15) is 5.78 Å². The fraction of sp³-hybridized carbons (Fsp3) is 0.561. The maximum Gasteiger partial charge on any atom is 0.130 e. The molecule has 4 saturated carbocycles. The van der Waals surface area contributed by atoms with Crippen molar-refractivity contribution < 1.29 is 9.53 Å². The highest BCUT2D eigenvalue weighted by atomic mass is 16.5. The van der Waals surface area contributed by atoms with E-state index in [1.165, 1.54) is 139 Å². The van der Waals surface area contributed by atoms with Gasteiger partial charge in [-0.1, -0.05) is 163 Å². The standard InChI is InChI=1S/C66H86O2/c1-39(2)63(31-43(7)67)45(9)57-19-15-21-59(57)54-33-48-23-25-50(35-52(48)37-54)61-27-28-62(66(61)56-29-41(5)65(42(6)30-56)47-17-13-12-14-18-47)51-26-24-49-34-55(38-53(49)36-51)60-22-16-20-58(60)46(10)64(40(3)4)32-44(8)68-11/h23-26,29-30,35-40,47,57-64,66H,8-10,12-22,27-28,31-34H2,1-7,11H3/t57?,58?,59-,60-,61+,62+,63-,64-,66?/m0/s1. The minimum absolute atomic E-state index is 0.273. The van der Waals surface area contributed by atoms with Crippen LogP contribution in [0.1, 0.15) is 210 Å². The molecule has 3 aromatic rings. The molecule has 0 aliphatic heterocycles. The predicted octanol–water partition coefficient (Wildman–Crippen LogP) is 17.7. The van der Waals surface area contributed by atoms with E-state index in [-0.39, 0.29) is 11.7 Å². The minimum atomic E-state index is 0.273. The van der Waals surface area contributed by atoms with Crippen molar-refractivity contribution in [3.05, 3.63) is 152 Å². The molecule has 2 heteroatoms. The predicted molar refractivity (Wildman–Crippen MR) is 288 cm³/mol. The van der Waals surface area contributed by atoms with E-state index in [0.29, 0.717) is 71.5 Å². The lowest BCUT2D eigenvalue weighted by atomic mass is 9.74. The third kappa shape index (κ3) is 9.80. The largest absolute Gasteiger partial charge is 0.502 e. The van der Waals surface area contributed by atoms with Crippen LogP contribution in [-0.2, 0) is 22.4 Å². The van der Waals surface area contributed by atoms with Gasteiger partial charge in [0.05, 0.1) is 12.9 Å². The first kappa shape index (κ1) is 48.8. The van der Waals surface area contributed by atoms with Crippen molar-refractivity contribution in [3.8, 4) is 0 Å². The lowest BCUT2D eigenvalue weighted by Crippen LogP contribution is -2.23. The number of ketones is 1. The molecule has 0 aromatic heterocycles. The average molecular weight is 911 g/mol. The Morgan fingerprint density at radius 1 is 0.588 bits per heavy atom. The maximum atomic E-state index is 12.4. The highest BCUT2D eigenvalue weighted by molar-refractivity contribution is 5.76. The zero-order valence-electron chi connectivity index (χ0n) is 43.7. The molecule has 0 bridgehead atoms. The summed E-state index contributed by atoms with van der Waals surface area (Å²) >= 11 is 0. The van der Waals surface area contributed by atoms with Gasteiger partial charge in [0.2, 0.25) is 0 Å². The van der Waals surface area contributed by atoms with Crippen molar-refractivity contribution in [2.75, 3.05) is 7.11 Å². The molecule has 6 aliphatic rings. The van der Waals surface area contributed by atoms with Crippen LogP contribution in [-0.4, -0.2) is 12.9 Å². The fourth-order valence-corrected chi connectivity index (χ4v) is 15.6. The number of hydrogen-bond donors (Lipinski definition) is 0. The SMILES string of the molecule is C=C(C[C@H](C(=C)C1CCC[C@H]1C1=Cc2cc([C@H]3CC[C@H](c4ccc5c(c4)C=C([C@@H]4CCCC4C(=C)[C@@H](CC(C)=O)C(C)C)C5)C3c3cc(C)c(C4CCCCC4)c(C)c3)ccc2C1)C(C)C)OC. The summed E-state index contributed by atoms with van der Waals surface area (Å²) in [6, 6.07) is 20.6. The van der Waals surface area contributed by atoms with Gasteiger partial charge < -0.3 is 9.53 Å². The molecule has 6 aliphatic carbocycles. The summed E-state index contributed by atoms with van der Waals surface area (Å²) in [6.07, 6.45) is 25.6. The summed E-state index contributed by atoms with van der Waals surface area (Å²) < 4.78 is 5.58. The molecule has 3 unspecified atom stereocenters. The van der Waals surface area contributed by atoms with E-state index in [4.69, 9.17) is 17.9 Å². The van der Waals surface area contributed by atoms with E-state index < -0.39 is 0 Å². The fourth-order valence-electron chi connectivity index (χ4n) is 15.6. The second-order valence-corrected chi connectivity index (χ2v) is 23.9. The molecule has 0 amide bonds. The van der Waals surface area contributed by atoms with E-state index in [1.807, 2.05) is 0 Å². The van der Waals surface area contributed by atoms with Gasteiger partial charge in [-0.2, -0.15) is 0 Å². The molecule has 2 nitrogen and oxygen atoms in total. The monoisotopic (exact) mass is 911 g/mol. The number of methoxy groups -OCH3 is 1. The van der Waals surface area contributed by atoms with Gasteiger partial charge in [-0.05, 0) is 212 Å². The van der Waals surface area contributed by atoms with E-state index >= 15 is 0 Å². The Bertz CT molecular complexity index is 2440. The Morgan fingerprint density at radius 3 is 1.53 bits per heavy atom. The number of allylic oxidation sites excluding steroid dienone is 5. The van der Waals surface area contributed by atoms with Gasteiger partial charge in [-0.3, -0.25) is 0 Å². The summed E-state index contributed by atoms with van der Waals surface area (Å²) in [4.78, 5) is 12.4. The Balaban J connectivity index is 1.02. The molecule has 4 fully saturated rings. The number of carbonyl (C=O) groups excluding carboxylic acids is 1. The van der Waals surface area contributed by atoms with Crippen LogP contribution in [0.15, 0.2) is 96.3 Å². The Labute approximate surface area is 413 Å². The quantitative estimate of drug-likeness (QED) is 0.0996. The van der Waals surface area contributed by atoms with Crippen LogP contribution in [0, 0.1) is 61.2 Å². The van der Waals surface area contributed by atoms with Crippen molar-refractivity contribution in [2.45, 2.75) is 181 Å². The molecule has 9 atom stereocenters. The number of carbonyl (C=O) groups is 1. The number of aryl methyl sites for hydroxylation is 2. The molecule has 0 N–H and O–H groups in total. The maximum absolute atomic E-state index is 12.4. The van der Waals surface area contributed by atoms with Gasteiger partial charge in [0.15, 0.2) is 0 Å². The van der Waals surface area contributed by atoms with E-state index in [1.54, 1.807) is 36.3 Å². The zero-order chi connectivity index (χ0) is 48.0. The minimum Gasteiger partial charge on any atom is -0.502 e. The van der Waals surface area contributed by atoms with Crippen molar-refractivity contribution in [3.63, 3.8) is 0 Å². The van der Waals surface area contributed by atoms with Gasteiger partial charge in [0, 0.05) is 12.8 Å². The topological polar surface area (TPSA) is 26.3 Å². The van der Waals surface area contributed by atoms with Crippen molar-refractivity contribution in [1.82, 2.24) is 0 Å². The number of benzene rings is 3. The van der Waals surface area contributed by atoms with Gasteiger partial charge >= 0.3 is 0 Å². The molecule has 0 saturated heterocycles. The number of fused-ring (bicyclic) bond motifs is 2. The van der Waals surface area contributed by atoms with Crippen LogP contribution in [0.25, 0.3) is 12.2 Å². The molecular weight excluding hydrogens is 825 g/mol. The van der Waals surface area contributed by atoms with E-state index in [2.05, 4.69) is 109 Å². The molecule has 0 radical (unpaired) electrons. The normalized spacial score (nSPS) is 26.7. The summed E-state index contributed by atoms with van der Waals surface area (Å²) in [5.74, 6) is 6.96. The Morgan fingerprint density at radius 2 is 1.07 bits per heavy atom.